The van der Waals surface area contributed by atoms with Gasteiger partial charge in [0.2, 0.25) is 5.91 Å². The number of allylic oxidation sites excluding steroid dienone is 3. The number of carbonyl (C=O) groups is 1. The topological polar surface area (TPSA) is 70.1 Å². The third-order valence-corrected chi connectivity index (χ3v) is 5.12. The number of carbonyl (C=O) groups excluding carboxylic acids is 1. The van der Waals surface area contributed by atoms with Gasteiger partial charge in [0.15, 0.2) is 5.82 Å². The van der Waals surface area contributed by atoms with Gasteiger partial charge in [-0.05, 0) is 66.8 Å². The van der Waals surface area contributed by atoms with Gasteiger partial charge in [-0.15, -0.1) is 0 Å². The molecule has 9 heteroatoms. The number of alkyl halides is 3. The van der Waals surface area contributed by atoms with Crippen molar-refractivity contribution in [3.05, 3.63) is 64.8 Å². The van der Waals surface area contributed by atoms with E-state index in [2.05, 4.69) is 27.2 Å². The summed E-state index contributed by atoms with van der Waals surface area (Å²) in [5, 5.41) is 9.17. The fourth-order valence-corrected chi connectivity index (χ4v) is 3.66. The van der Waals surface area contributed by atoms with E-state index in [4.69, 9.17) is 0 Å². The Hall–Kier alpha value is -3.23. The normalized spacial score (nSPS) is 19.8. The molecule has 0 aliphatic heterocycles. The van der Waals surface area contributed by atoms with Gasteiger partial charge in [-0.3, -0.25) is 14.9 Å². The van der Waals surface area contributed by atoms with Crippen molar-refractivity contribution in [3.8, 4) is 0 Å². The van der Waals surface area contributed by atoms with Crippen LogP contribution in [0.2, 0.25) is 0 Å². The van der Waals surface area contributed by atoms with E-state index in [1.165, 1.54) is 6.07 Å². The van der Waals surface area contributed by atoms with E-state index in [9.17, 15) is 22.4 Å². The number of halogens is 4. The van der Waals surface area contributed by atoms with Crippen LogP contribution in [0.5, 0.6) is 0 Å². The molecule has 2 N–H and O–H groups in total. The van der Waals surface area contributed by atoms with Crippen molar-refractivity contribution in [2.45, 2.75) is 32.4 Å². The van der Waals surface area contributed by atoms with Crippen molar-refractivity contribution in [2.24, 2.45) is 10.9 Å². The van der Waals surface area contributed by atoms with Crippen molar-refractivity contribution in [1.29, 1.82) is 0 Å². The molecule has 1 aliphatic carbocycles. The maximum Gasteiger partial charge on any atom is 0.419 e. The minimum atomic E-state index is -4.75. The molecule has 2 aromatic rings. The largest absolute Gasteiger partial charge is 0.419 e. The number of hydrogen-bond donors (Lipinski definition) is 2. The first-order chi connectivity index (χ1) is 14.2. The Bertz CT molecular complexity index is 1010. The first-order valence-electron chi connectivity index (χ1n) is 9.23. The highest BCUT2D eigenvalue weighted by Crippen LogP contribution is 2.42. The number of nitrogens with one attached hydrogen (secondary N) is 2. The second-order valence-electron chi connectivity index (χ2n) is 7.01. The van der Waals surface area contributed by atoms with E-state index < -0.39 is 17.6 Å². The van der Waals surface area contributed by atoms with Crippen LogP contribution in [0.3, 0.4) is 0 Å². The third kappa shape index (κ3) is 4.67. The average molecular weight is 420 g/mol. The van der Waals surface area contributed by atoms with Gasteiger partial charge in [0.05, 0.1) is 5.56 Å². The molecule has 1 saturated carbocycles. The molecule has 0 spiro atoms. The fraction of sp³-hybridized carbons (Fsp3) is 0.286. The number of aliphatic imine (C=N–C) groups is 1. The number of aromatic amines is 1. The van der Waals surface area contributed by atoms with E-state index in [0.717, 1.165) is 23.3 Å². The van der Waals surface area contributed by atoms with Crippen molar-refractivity contribution < 1.29 is 22.4 Å². The third-order valence-electron chi connectivity index (χ3n) is 5.12. The molecule has 0 bridgehead atoms. The van der Waals surface area contributed by atoms with Crippen LogP contribution in [0.25, 0.3) is 5.57 Å². The number of aromatic nitrogens is 2. The minimum Gasteiger partial charge on any atom is -0.309 e. The lowest BCUT2D eigenvalue weighted by molar-refractivity contribution is -0.140. The van der Waals surface area contributed by atoms with Gasteiger partial charge < -0.3 is 5.32 Å². The van der Waals surface area contributed by atoms with Crippen LogP contribution in [0, 0.1) is 11.7 Å². The lowest BCUT2D eigenvalue weighted by Crippen LogP contribution is -2.16. The molecule has 1 aromatic heterocycles. The van der Waals surface area contributed by atoms with E-state index >= 15 is 0 Å². The molecular formula is C21H20F4N4O. The molecule has 5 nitrogen and oxygen atoms in total. The maximum atomic E-state index is 14.0. The van der Waals surface area contributed by atoms with Crippen molar-refractivity contribution in [3.63, 3.8) is 0 Å². The number of nitrogens with zero attached hydrogens (tertiary/aromatic N) is 2. The molecule has 1 atom stereocenters. The second-order valence-corrected chi connectivity index (χ2v) is 7.01. The van der Waals surface area contributed by atoms with Gasteiger partial charge in [-0.25, -0.2) is 4.39 Å². The van der Waals surface area contributed by atoms with Crippen LogP contribution in [-0.2, 0) is 11.0 Å². The molecule has 158 valence electrons. The predicted molar refractivity (Wildman–Crippen MR) is 106 cm³/mol. The summed E-state index contributed by atoms with van der Waals surface area (Å²) in [6, 6.07) is 4.52. The SMILES string of the molecule is C=N/C=C1\C(=C(/C)c2ccc(C(F)(F)F)c(F)c2)CCC1CC(=O)Nc1cc[nH]n1. The summed E-state index contributed by atoms with van der Waals surface area (Å²) in [5.41, 5.74) is 1.31. The lowest BCUT2D eigenvalue weighted by atomic mass is 9.93. The number of H-pyrrole nitrogens is 1. The van der Waals surface area contributed by atoms with E-state index in [1.54, 1.807) is 25.4 Å². The maximum absolute atomic E-state index is 14.0. The molecule has 1 unspecified atom stereocenters. The number of anilines is 1. The van der Waals surface area contributed by atoms with Gasteiger partial charge in [0.25, 0.3) is 0 Å². The highest BCUT2D eigenvalue weighted by molar-refractivity contribution is 5.90. The van der Waals surface area contributed by atoms with E-state index in [0.29, 0.717) is 29.8 Å². The summed E-state index contributed by atoms with van der Waals surface area (Å²) in [5.74, 6) is -1.27. The molecule has 0 radical (unpaired) electrons. The van der Waals surface area contributed by atoms with E-state index in [1.807, 2.05) is 0 Å². The highest BCUT2D eigenvalue weighted by Gasteiger charge is 2.34. The summed E-state index contributed by atoms with van der Waals surface area (Å²) >= 11 is 0. The van der Waals surface area contributed by atoms with E-state index in [-0.39, 0.29) is 18.2 Å². The Labute approximate surface area is 170 Å². The summed E-state index contributed by atoms with van der Waals surface area (Å²) < 4.78 is 52.5. The summed E-state index contributed by atoms with van der Waals surface area (Å²) in [4.78, 5) is 16.2. The molecule has 1 fully saturated rings. The van der Waals surface area contributed by atoms with Crippen molar-refractivity contribution in [1.82, 2.24) is 10.2 Å². The van der Waals surface area contributed by atoms with Crippen LogP contribution >= 0.6 is 0 Å². The average Bonchev–Trinajstić information content (AvgIpc) is 3.31. The Morgan fingerprint density at radius 3 is 2.77 bits per heavy atom. The molecule has 1 aliphatic rings. The summed E-state index contributed by atoms with van der Waals surface area (Å²) in [6.07, 6.45) is -0.167. The molecule has 3 rings (SSSR count). The smallest absolute Gasteiger partial charge is 0.309 e. The van der Waals surface area contributed by atoms with Gasteiger partial charge in [0.1, 0.15) is 5.82 Å². The number of rotatable bonds is 5. The lowest BCUT2D eigenvalue weighted by Gasteiger charge is -2.14. The van der Waals surface area contributed by atoms with Gasteiger partial charge >= 0.3 is 6.18 Å². The van der Waals surface area contributed by atoms with Crippen LogP contribution in [0.4, 0.5) is 23.4 Å². The van der Waals surface area contributed by atoms with Crippen LogP contribution < -0.4 is 5.32 Å². The van der Waals surface area contributed by atoms with Gasteiger partial charge in [-0.1, -0.05) is 6.07 Å². The minimum absolute atomic E-state index is 0.140. The Balaban J connectivity index is 1.85. The second kappa shape index (κ2) is 8.64. The zero-order valence-electron chi connectivity index (χ0n) is 16.2. The molecular weight excluding hydrogens is 400 g/mol. The van der Waals surface area contributed by atoms with Gasteiger partial charge in [-0.2, -0.15) is 18.3 Å². The first-order valence-corrected chi connectivity index (χ1v) is 9.23. The summed E-state index contributed by atoms with van der Waals surface area (Å²) in [6.45, 7) is 5.19. The highest BCUT2D eigenvalue weighted by atomic mass is 19.4. The number of hydrogen-bond acceptors (Lipinski definition) is 3. The standard InChI is InChI=1S/C21H20F4N4O/c1-12(13-4-6-17(18(22)9-13)21(23,24)25)15-5-3-14(16(15)11-26-2)10-20(30)28-19-7-8-27-29-19/h4,6-9,11,14H,2-3,5,10H2,1H3,(H2,27,28,29,30)/b15-12+,16-11-. The predicted octanol–water partition coefficient (Wildman–Crippen LogP) is 5.36. The van der Waals surface area contributed by atoms with Crippen LogP contribution in [0.1, 0.15) is 37.3 Å². The van der Waals surface area contributed by atoms with Gasteiger partial charge in [0, 0.05) is 24.9 Å². The quantitative estimate of drug-likeness (QED) is 0.505. The first kappa shape index (κ1) is 21.5. The van der Waals surface area contributed by atoms with Crippen LogP contribution in [-0.4, -0.2) is 22.8 Å². The number of amides is 1. The molecule has 0 saturated heterocycles. The van der Waals surface area contributed by atoms with Crippen molar-refractivity contribution in [2.75, 3.05) is 5.32 Å². The Kier molecular flexibility index (Phi) is 6.19. The van der Waals surface area contributed by atoms with Crippen LogP contribution in [0.15, 0.2) is 52.8 Å². The zero-order chi connectivity index (χ0) is 21.9. The molecule has 1 aromatic carbocycles. The zero-order valence-corrected chi connectivity index (χ0v) is 16.2. The van der Waals surface area contributed by atoms with Crippen molar-refractivity contribution >= 4 is 24.0 Å². The molecule has 1 amide bonds. The number of benzene rings is 1. The molecule has 30 heavy (non-hydrogen) atoms. The fourth-order valence-electron chi connectivity index (χ4n) is 3.66. The Morgan fingerprint density at radius 2 is 2.17 bits per heavy atom. The monoisotopic (exact) mass is 420 g/mol. The molecule has 1 heterocycles. The summed E-state index contributed by atoms with van der Waals surface area (Å²) in [7, 11) is 0. The Morgan fingerprint density at radius 1 is 1.40 bits per heavy atom.